The number of hydrogen-bond acceptors (Lipinski definition) is 3. The summed E-state index contributed by atoms with van der Waals surface area (Å²) in [5.74, 6) is 1.81. The second-order valence-corrected chi connectivity index (χ2v) is 6.04. The van der Waals surface area contributed by atoms with Crippen molar-refractivity contribution in [1.29, 1.82) is 0 Å². The lowest BCUT2D eigenvalue weighted by Gasteiger charge is -2.34. The number of hydrogen-bond donors (Lipinski definition) is 1. The van der Waals surface area contributed by atoms with E-state index in [1.165, 1.54) is 0 Å². The van der Waals surface area contributed by atoms with Gasteiger partial charge in [0.15, 0.2) is 0 Å². The van der Waals surface area contributed by atoms with Gasteiger partial charge in [-0.1, -0.05) is 6.92 Å². The predicted octanol–water partition coefficient (Wildman–Crippen LogP) is 0.950. The maximum absolute atomic E-state index is 12.2. The highest BCUT2D eigenvalue weighted by Crippen LogP contribution is 2.22. The molecule has 2 aliphatic heterocycles. The van der Waals surface area contributed by atoms with Gasteiger partial charge in [0.05, 0.1) is 0 Å². The molecular weight excluding hydrogens is 208 g/mol. The van der Waals surface area contributed by atoms with Crippen LogP contribution in [0.4, 0.5) is 0 Å². The van der Waals surface area contributed by atoms with Crippen molar-refractivity contribution in [2.24, 2.45) is 5.92 Å². The maximum atomic E-state index is 12.2. The second kappa shape index (κ2) is 5.21. The van der Waals surface area contributed by atoms with Crippen LogP contribution in [0.1, 0.15) is 19.8 Å². The van der Waals surface area contributed by atoms with Crippen molar-refractivity contribution in [2.45, 2.75) is 25.0 Å². The molecule has 1 atom stereocenters. The molecule has 0 saturated carbocycles. The second-order valence-electron chi connectivity index (χ2n) is 4.49. The number of amides is 1. The molecule has 0 spiro atoms. The highest BCUT2D eigenvalue weighted by Gasteiger charge is 2.28. The predicted molar refractivity (Wildman–Crippen MR) is 64.1 cm³/mol. The Morgan fingerprint density at radius 1 is 1.40 bits per heavy atom. The number of nitrogens with zero attached hydrogens (tertiary/aromatic N) is 1. The van der Waals surface area contributed by atoms with Gasteiger partial charge in [-0.3, -0.25) is 4.79 Å². The van der Waals surface area contributed by atoms with E-state index < -0.39 is 0 Å². The van der Waals surface area contributed by atoms with Crippen molar-refractivity contribution in [2.75, 3.05) is 31.9 Å². The van der Waals surface area contributed by atoms with Gasteiger partial charge < -0.3 is 10.2 Å². The van der Waals surface area contributed by atoms with Gasteiger partial charge in [-0.25, -0.2) is 0 Å². The van der Waals surface area contributed by atoms with Gasteiger partial charge in [0, 0.05) is 30.0 Å². The van der Waals surface area contributed by atoms with E-state index in [-0.39, 0.29) is 0 Å². The van der Waals surface area contributed by atoms with Crippen LogP contribution < -0.4 is 5.32 Å². The molecule has 2 aliphatic rings. The molecule has 1 N–H and O–H groups in total. The minimum absolute atomic E-state index is 0.293. The zero-order valence-corrected chi connectivity index (χ0v) is 10.2. The lowest BCUT2D eigenvalue weighted by molar-refractivity contribution is -0.136. The third-order valence-electron chi connectivity index (χ3n) is 3.24. The van der Waals surface area contributed by atoms with E-state index in [2.05, 4.69) is 17.1 Å². The van der Waals surface area contributed by atoms with Crippen molar-refractivity contribution in [1.82, 2.24) is 10.2 Å². The maximum Gasteiger partial charge on any atom is 0.225 e. The smallest absolute Gasteiger partial charge is 0.225 e. The first-order valence-electron chi connectivity index (χ1n) is 5.88. The van der Waals surface area contributed by atoms with E-state index in [9.17, 15) is 4.79 Å². The van der Waals surface area contributed by atoms with Crippen LogP contribution in [0.25, 0.3) is 0 Å². The van der Waals surface area contributed by atoms with E-state index in [4.69, 9.17) is 0 Å². The topological polar surface area (TPSA) is 32.3 Å². The third kappa shape index (κ3) is 2.88. The molecule has 3 nitrogen and oxygen atoms in total. The van der Waals surface area contributed by atoms with Gasteiger partial charge in [0.25, 0.3) is 0 Å². The van der Waals surface area contributed by atoms with Crippen molar-refractivity contribution >= 4 is 17.7 Å². The molecule has 0 aromatic heterocycles. The molecule has 2 rings (SSSR count). The van der Waals surface area contributed by atoms with Crippen LogP contribution in [0.2, 0.25) is 0 Å². The summed E-state index contributed by atoms with van der Waals surface area (Å²) in [6.45, 7) is 6.14. The Hall–Kier alpha value is -0.220. The highest BCUT2D eigenvalue weighted by atomic mass is 32.2. The largest absolute Gasteiger partial charge is 0.341 e. The van der Waals surface area contributed by atoms with Crippen LogP contribution in [0.15, 0.2) is 0 Å². The Morgan fingerprint density at radius 3 is 2.80 bits per heavy atom. The molecule has 86 valence electrons. The van der Waals surface area contributed by atoms with Crippen LogP contribution in [0.5, 0.6) is 0 Å². The monoisotopic (exact) mass is 228 g/mol. The molecule has 2 fully saturated rings. The molecule has 2 saturated heterocycles. The van der Waals surface area contributed by atoms with Crippen LogP contribution in [0, 0.1) is 5.92 Å². The molecule has 1 amide bonds. The van der Waals surface area contributed by atoms with Crippen molar-refractivity contribution in [3.8, 4) is 0 Å². The molecule has 4 heteroatoms. The molecular formula is C11H20N2OS. The van der Waals surface area contributed by atoms with Gasteiger partial charge in [-0.05, 0) is 25.9 Å². The highest BCUT2D eigenvalue weighted by molar-refractivity contribution is 7.99. The van der Waals surface area contributed by atoms with Gasteiger partial charge >= 0.3 is 0 Å². The normalized spacial score (nSPS) is 29.1. The number of carbonyl (C=O) groups is 1. The first-order chi connectivity index (χ1) is 7.27. The van der Waals surface area contributed by atoms with E-state index in [0.29, 0.717) is 17.1 Å². The van der Waals surface area contributed by atoms with Crippen molar-refractivity contribution < 1.29 is 4.79 Å². The standard InChI is InChI=1S/C11H20N2OS/c1-9-8-13(6-7-15-9)11(14)10-2-4-12-5-3-10/h9-10,12H,2-8H2,1H3. The van der Waals surface area contributed by atoms with Crippen LogP contribution in [-0.2, 0) is 4.79 Å². The summed E-state index contributed by atoms with van der Waals surface area (Å²) >= 11 is 1.98. The van der Waals surface area contributed by atoms with Crippen molar-refractivity contribution in [3.05, 3.63) is 0 Å². The fourth-order valence-corrected chi connectivity index (χ4v) is 3.36. The van der Waals surface area contributed by atoms with Gasteiger partial charge in [0.2, 0.25) is 5.91 Å². The fourth-order valence-electron chi connectivity index (χ4n) is 2.35. The van der Waals surface area contributed by atoms with E-state index >= 15 is 0 Å². The Kier molecular flexibility index (Phi) is 3.92. The van der Waals surface area contributed by atoms with E-state index in [1.54, 1.807) is 0 Å². The summed E-state index contributed by atoms with van der Waals surface area (Å²) in [5.41, 5.74) is 0. The molecule has 0 radical (unpaired) electrons. The summed E-state index contributed by atoms with van der Waals surface area (Å²) < 4.78 is 0. The average Bonchev–Trinajstić information content (AvgIpc) is 2.29. The number of carbonyl (C=O) groups excluding carboxylic acids is 1. The van der Waals surface area contributed by atoms with Crippen LogP contribution in [-0.4, -0.2) is 48.0 Å². The molecule has 1 unspecified atom stereocenters. The minimum atomic E-state index is 0.293. The number of rotatable bonds is 1. The summed E-state index contributed by atoms with van der Waals surface area (Å²) in [7, 11) is 0. The minimum Gasteiger partial charge on any atom is -0.341 e. The van der Waals surface area contributed by atoms with Gasteiger partial charge in [-0.2, -0.15) is 11.8 Å². The van der Waals surface area contributed by atoms with E-state index in [0.717, 1.165) is 44.8 Å². The molecule has 0 aromatic carbocycles. The van der Waals surface area contributed by atoms with Crippen LogP contribution in [0.3, 0.4) is 0 Å². The van der Waals surface area contributed by atoms with Crippen LogP contribution >= 0.6 is 11.8 Å². The first kappa shape index (κ1) is 11.3. The Morgan fingerprint density at radius 2 is 2.13 bits per heavy atom. The lowest BCUT2D eigenvalue weighted by atomic mass is 9.96. The number of piperidine rings is 1. The number of nitrogens with one attached hydrogen (secondary N) is 1. The summed E-state index contributed by atoms with van der Waals surface area (Å²) in [6.07, 6.45) is 2.05. The molecule has 0 bridgehead atoms. The van der Waals surface area contributed by atoms with Gasteiger partial charge in [0.1, 0.15) is 0 Å². The molecule has 0 aliphatic carbocycles. The zero-order valence-electron chi connectivity index (χ0n) is 9.37. The SMILES string of the molecule is CC1CN(C(=O)C2CCNCC2)CCS1. The average molecular weight is 228 g/mol. The summed E-state index contributed by atoms with van der Waals surface area (Å²) in [6, 6.07) is 0. The van der Waals surface area contributed by atoms with Gasteiger partial charge in [-0.15, -0.1) is 0 Å². The Bertz CT molecular complexity index is 229. The molecule has 15 heavy (non-hydrogen) atoms. The molecule has 2 heterocycles. The third-order valence-corrected chi connectivity index (χ3v) is 4.38. The number of thioether (sulfide) groups is 1. The summed E-state index contributed by atoms with van der Waals surface area (Å²) in [4.78, 5) is 14.3. The zero-order chi connectivity index (χ0) is 10.7. The summed E-state index contributed by atoms with van der Waals surface area (Å²) in [5, 5.41) is 3.92. The lowest BCUT2D eigenvalue weighted by Crippen LogP contribution is -2.46. The fraction of sp³-hybridized carbons (Fsp3) is 0.909. The van der Waals surface area contributed by atoms with E-state index in [1.807, 2.05) is 11.8 Å². The Labute approximate surface area is 96.0 Å². The Balaban J connectivity index is 1.88. The quantitative estimate of drug-likeness (QED) is 0.725. The van der Waals surface area contributed by atoms with Crippen molar-refractivity contribution in [3.63, 3.8) is 0 Å². The molecule has 0 aromatic rings. The first-order valence-corrected chi connectivity index (χ1v) is 6.93.